The van der Waals surface area contributed by atoms with Crippen LogP contribution in [-0.4, -0.2) is 36.8 Å². The first-order valence-corrected chi connectivity index (χ1v) is 9.91. The van der Waals surface area contributed by atoms with Crippen LogP contribution in [0.3, 0.4) is 0 Å². The Morgan fingerprint density at radius 2 is 2.12 bits per heavy atom. The van der Waals surface area contributed by atoms with E-state index >= 15 is 0 Å². The van der Waals surface area contributed by atoms with E-state index in [1.54, 1.807) is 47.1 Å². The van der Waals surface area contributed by atoms with E-state index in [2.05, 4.69) is 4.98 Å². The van der Waals surface area contributed by atoms with E-state index < -0.39 is 5.97 Å². The highest BCUT2D eigenvalue weighted by atomic mass is 32.2. The van der Waals surface area contributed by atoms with Crippen molar-refractivity contribution in [1.29, 1.82) is 0 Å². The van der Waals surface area contributed by atoms with E-state index in [0.29, 0.717) is 6.42 Å². The third-order valence-corrected chi connectivity index (χ3v) is 7.21. The van der Waals surface area contributed by atoms with Crippen molar-refractivity contribution in [1.82, 2.24) is 9.88 Å². The number of carboxylic acid groups (broad SMARTS) is 1. The molecule has 1 aromatic heterocycles. The van der Waals surface area contributed by atoms with Crippen LogP contribution in [-0.2, 0) is 9.59 Å². The van der Waals surface area contributed by atoms with Crippen molar-refractivity contribution in [3.05, 3.63) is 47.6 Å². The summed E-state index contributed by atoms with van der Waals surface area (Å²) in [6, 6.07) is 8.09. The summed E-state index contributed by atoms with van der Waals surface area (Å²) in [6.45, 7) is 0. The number of carbonyl (C=O) groups excluding carboxylic acids is 1. The van der Waals surface area contributed by atoms with E-state index in [4.69, 9.17) is 0 Å². The van der Waals surface area contributed by atoms with Crippen LogP contribution in [0.5, 0.6) is 0 Å². The number of rotatable bonds is 4. The molecule has 2 aliphatic heterocycles. The number of β-lactam (4-membered cyclic amide) rings is 1. The number of aromatic nitrogens is 1. The molecular weight excluding hydrogens is 364 g/mol. The van der Waals surface area contributed by atoms with E-state index in [9.17, 15) is 14.7 Å². The first kappa shape index (κ1) is 15.7. The van der Waals surface area contributed by atoms with Crippen LogP contribution >= 0.6 is 34.9 Å². The van der Waals surface area contributed by atoms with Gasteiger partial charge in [-0.2, -0.15) is 0 Å². The molecule has 0 saturated carbocycles. The minimum absolute atomic E-state index is 0.0174. The predicted molar refractivity (Wildman–Crippen MR) is 95.8 cm³/mol. The van der Waals surface area contributed by atoms with E-state index in [-0.39, 0.29) is 21.6 Å². The second-order valence-electron chi connectivity index (χ2n) is 5.26. The van der Waals surface area contributed by atoms with E-state index in [0.717, 1.165) is 15.5 Å². The number of benzene rings is 1. The molecule has 0 bridgehead atoms. The molecule has 0 radical (unpaired) electrons. The average Bonchev–Trinajstić information content (AvgIpc) is 3.08. The number of carboxylic acids is 1. The highest BCUT2D eigenvalue weighted by molar-refractivity contribution is 8.17. The zero-order chi connectivity index (χ0) is 16.7. The quantitative estimate of drug-likeness (QED) is 0.824. The van der Waals surface area contributed by atoms with Crippen molar-refractivity contribution >= 4 is 46.7 Å². The second kappa shape index (κ2) is 6.27. The molecule has 0 spiro atoms. The molecule has 2 atom stereocenters. The Labute approximate surface area is 150 Å². The van der Waals surface area contributed by atoms with Crippen LogP contribution in [0.15, 0.2) is 52.5 Å². The maximum absolute atomic E-state index is 11.6. The summed E-state index contributed by atoms with van der Waals surface area (Å²) >= 11 is 4.82. The molecular formula is C16H12N2O3S3. The number of carbonyl (C=O) groups is 2. The molecule has 4 rings (SSSR count). The summed E-state index contributed by atoms with van der Waals surface area (Å²) < 4.78 is -0.0174. The summed E-state index contributed by atoms with van der Waals surface area (Å²) in [4.78, 5) is 29.7. The van der Waals surface area contributed by atoms with Gasteiger partial charge in [-0.15, -0.1) is 34.9 Å². The Morgan fingerprint density at radius 3 is 2.75 bits per heavy atom. The van der Waals surface area contributed by atoms with Crippen molar-refractivity contribution in [2.75, 3.05) is 0 Å². The number of aliphatic carboxylic acids is 1. The summed E-state index contributed by atoms with van der Waals surface area (Å²) in [7, 11) is 0. The minimum atomic E-state index is -1.04. The van der Waals surface area contributed by atoms with Crippen molar-refractivity contribution in [3.8, 4) is 10.6 Å². The lowest BCUT2D eigenvalue weighted by atomic mass is 10.1. The first-order chi connectivity index (χ1) is 11.6. The fraction of sp³-hybridized carbons (Fsp3) is 0.188. The lowest BCUT2D eigenvalue weighted by molar-refractivity contribution is -0.146. The van der Waals surface area contributed by atoms with Gasteiger partial charge in [0, 0.05) is 22.0 Å². The predicted octanol–water partition coefficient (Wildman–Crippen LogP) is 3.50. The van der Waals surface area contributed by atoms with Gasteiger partial charge in [-0.05, 0) is 18.2 Å². The molecule has 1 N–H and O–H groups in total. The molecule has 1 aromatic carbocycles. The monoisotopic (exact) mass is 376 g/mol. The van der Waals surface area contributed by atoms with E-state index in [1.807, 2.05) is 29.6 Å². The number of hydrogen-bond donors (Lipinski definition) is 1. The van der Waals surface area contributed by atoms with Crippen molar-refractivity contribution in [2.24, 2.45) is 0 Å². The molecule has 5 nitrogen and oxygen atoms in total. The Hall–Kier alpha value is -1.77. The maximum Gasteiger partial charge on any atom is 0.352 e. The summed E-state index contributed by atoms with van der Waals surface area (Å²) in [5, 5.41) is 12.2. The SMILES string of the molecule is O=C(O)C1=CC(Sc2ccc(-c3nccs3)cc2)S[C@@H]2CC(=O)N12. The number of thioether (sulfide) groups is 2. The van der Waals surface area contributed by atoms with Gasteiger partial charge in [-0.25, -0.2) is 9.78 Å². The van der Waals surface area contributed by atoms with Gasteiger partial charge >= 0.3 is 5.97 Å². The van der Waals surface area contributed by atoms with Gasteiger partial charge in [-0.3, -0.25) is 9.69 Å². The standard InChI is InChI=1S/C16H12N2O3S3/c19-12-8-13-18(12)11(16(20)21)7-14(24-13)23-10-3-1-9(2-4-10)15-17-5-6-22-15/h1-7,13-14H,8H2,(H,20,21)/t13-,14?/m1/s1. The molecule has 1 saturated heterocycles. The molecule has 2 aromatic rings. The van der Waals surface area contributed by atoms with Crippen LogP contribution in [0.1, 0.15) is 6.42 Å². The van der Waals surface area contributed by atoms with Gasteiger partial charge in [0.05, 0.1) is 16.4 Å². The van der Waals surface area contributed by atoms with Crippen LogP contribution in [0.2, 0.25) is 0 Å². The molecule has 1 fully saturated rings. The van der Waals surface area contributed by atoms with Crippen molar-refractivity contribution in [3.63, 3.8) is 0 Å². The van der Waals surface area contributed by atoms with E-state index in [1.165, 1.54) is 4.90 Å². The van der Waals surface area contributed by atoms with Crippen molar-refractivity contribution in [2.45, 2.75) is 21.3 Å². The fourth-order valence-corrected chi connectivity index (χ4v) is 6.05. The van der Waals surface area contributed by atoms with Crippen LogP contribution in [0, 0.1) is 0 Å². The van der Waals surface area contributed by atoms with Gasteiger partial charge in [0.2, 0.25) is 5.91 Å². The van der Waals surface area contributed by atoms with Crippen molar-refractivity contribution < 1.29 is 14.7 Å². The highest BCUT2D eigenvalue weighted by Crippen LogP contribution is 2.46. The largest absolute Gasteiger partial charge is 0.477 e. The third-order valence-electron chi connectivity index (χ3n) is 3.76. The third kappa shape index (κ3) is 2.85. The number of thiazole rings is 1. The second-order valence-corrected chi connectivity index (χ2v) is 9.00. The number of hydrogen-bond acceptors (Lipinski definition) is 6. The normalized spacial score (nSPS) is 22.6. The number of nitrogens with zero attached hydrogens (tertiary/aromatic N) is 2. The summed E-state index contributed by atoms with van der Waals surface area (Å²) in [6.07, 6.45) is 3.86. The maximum atomic E-state index is 11.6. The number of fused-ring (bicyclic) bond motifs is 1. The minimum Gasteiger partial charge on any atom is -0.477 e. The molecule has 122 valence electrons. The molecule has 0 aliphatic carbocycles. The van der Waals surface area contributed by atoms with Gasteiger partial charge in [0.15, 0.2) is 0 Å². The Bertz CT molecular complexity index is 818. The van der Waals surface area contributed by atoms with Gasteiger partial charge in [0.1, 0.15) is 10.7 Å². The highest BCUT2D eigenvalue weighted by Gasteiger charge is 2.45. The summed E-state index contributed by atoms with van der Waals surface area (Å²) in [5.74, 6) is -1.16. The topological polar surface area (TPSA) is 70.5 Å². The van der Waals surface area contributed by atoms with Gasteiger partial charge in [-0.1, -0.05) is 12.1 Å². The van der Waals surface area contributed by atoms with Gasteiger partial charge in [0.25, 0.3) is 0 Å². The zero-order valence-corrected chi connectivity index (χ0v) is 14.7. The van der Waals surface area contributed by atoms with Gasteiger partial charge < -0.3 is 5.11 Å². The van der Waals surface area contributed by atoms with Crippen LogP contribution in [0.4, 0.5) is 0 Å². The molecule has 1 amide bonds. The summed E-state index contributed by atoms with van der Waals surface area (Å²) in [5.41, 5.74) is 1.18. The fourth-order valence-electron chi connectivity index (χ4n) is 2.60. The van der Waals surface area contributed by atoms with Crippen LogP contribution < -0.4 is 0 Å². The zero-order valence-electron chi connectivity index (χ0n) is 12.3. The molecule has 2 aliphatic rings. The Kier molecular flexibility index (Phi) is 4.11. The molecule has 3 heterocycles. The molecule has 24 heavy (non-hydrogen) atoms. The number of amides is 1. The van der Waals surface area contributed by atoms with Crippen LogP contribution in [0.25, 0.3) is 10.6 Å². The first-order valence-electron chi connectivity index (χ1n) is 7.21. The Morgan fingerprint density at radius 1 is 1.33 bits per heavy atom. The Balaban J connectivity index is 1.52. The molecule has 8 heteroatoms. The lowest BCUT2D eigenvalue weighted by Gasteiger charge is -2.44. The molecule has 1 unspecified atom stereocenters. The smallest absolute Gasteiger partial charge is 0.352 e. The average molecular weight is 376 g/mol. The lowest BCUT2D eigenvalue weighted by Crippen LogP contribution is -2.53.